The van der Waals surface area contributed by atoms with Crippen LogP contribution in [0.3, 0.4) is 0 Å². The minimum Gasteiger partial charge on any atom is -0.497 e. The summed E-state index contributed by atoms with van der Waals surface area (Å²) in [7, 11) is 3.16. The zero-order chi connectivity index (χ0) is 27.2. The Labute approximate surface area is 221 Å². The Morgan fingerprint density at radius 2 is 1.87 bits per heavy atom. The molecule has 2 aliphatic rings. The molecule has 202 valence electrons. The topological polar surface area (TPSA) is 91.4 Å². The fourth-order valence-electron chi connectivity index (χ4n) is 4.82. The van der Waals surface area contributed by atoms with Crippen LogP contribution >= 0.6 is 0 Å². The van der Waals surface area contributed by atoms with Gasteiger partial charge in [-0.3, -0.25) is 14.6 Å². The number of esters is 1. The van der Waals surface area contributed by atoms with Crippen LogP contribution in [0.4, 0.5) is 9.18 Å². The smallest absolute Gasteiger partial charge is 0.338 e. The van der Waals surface area contributed by atoms with Crippen LogP contribution in [0.25, 0.3) is 0 Å². The van der Waals surface area contributed by atoms with E-state index < -0.39 is 23.9 Å². The highest BCUT2D eigenvalue weighted by Crippen LogP contribution is 2.32. The largest absolute Gasteiger partial charge is 0.497 e. The first kappa shape index (κ1) is 27.1. The molecule has 3 amide bonds. The van der Waals surface area contributed by atoms with Crippen molar-refractivity contribution < 1.29 is 28.2 Å². The standard InChI is InChI=1S/C28H33FN4O5/c1-4-38-27(35)24-23(31(2)28(36)30-25(24)19-8-5-10-21(29)16-19)18-32-12-7-13-33(15-14-32)26(34)20-9-6-11-22(17-20)37-3/h5-6,8-11,16-17,25H,4,7,12-15,18H2,1-3H3,(H,30,36). The fraction of sp³-hybridized carbons (Fsp3) is 0.393. The number of ether oxygens (including phenoxy) is 2. The van der Waals surface area contributed by atoms with E-state index in [1.54, 1.807) is 57.5 Å². The monoisotopic (exact) mass is 524 g/mol. The van der Waals surface area contributed by atoms with Crippen molar-refractivity contribution in [3.63, 3.8) is 0 Å². The molecular weight excluding hydrogens is 491 g/mol. The molecule has 0 aliphatic carbocycles. The van der Waals surface area contributed by atoms with Gasteiger partial charge in [0.15, 0.2) is 0 Å². The lowest BCUT2D eigenvalue weighted by Crippen LogP contribution is -2.49. The van der Waals surface area contributed by atoms with Gasteiger partial charge in [0, 0.05) is 51.0 Å². The van der Waals surface area contributed by atoms with E-state index in [1.165, 1.54) is 17.0 Å². The Morgan fingerprint density at radius 3 is 2.61 bits per heavy atom. The van der Waals surface area contributed by atoms with Gasteiger partial charge in [0.25, 0.3) is 5.91 Å². The van der Waals surface area contributed by atoms with Crippen molar-refractivity contribution in [3.8, 4) is 5.75 Å². The molecule has 2 aromatic carbocycles. The summed E-state index contributed by atoms with van der Waals surface area (Å²) in [5.74, 6) is -0.475. The number of benzene rings is 2. The van der Waals surface area contributed by atoms with Gasteiger partial charge in [-0.25, -0.2) is 14.0 Å². The number of hydrogen-bond donors (Lipinski definition) is 1. The molecule has 2 heterocycles. The number of nitrogens with one attached hydrogen (secondary N) is 1. The number of carbonyl (C=O) groups is 3. The molecule has 0 bridgehead atoms. The van der Waals surface area contributed by atoms with Crippen molar-refractivity contribution >= 4 is 17.9 Å². The van der Waals surface area contributed by atoms with Crippen LogP contribution in [0.5, 0.6) is 5.75 Å². The Morgan fingerprint density at radius 1 is 1.08 bits per heavy atom. The average Bonchev–Trinajstić information content (AvgIpc) is 3.16. The molecule has 0 aromatic heterocycles. The molecule has 10 heteroatoms. The number of methoxy groups -OCH3 is 1. The van der Waals surface area contributed by atoms with Crippen molar-refractivity contribution in [2.45, 2.75) is 19.4 Å². The van der Waals surface area contributed by atoms with Gasteiger partial charge in [-0.15, -0.1) is 0 Å². The van der Waals surface area contributed by atoms with Crippen molar-refractivity contribution in [1.29, 1.82) is 0 Å². The van der Waals surface area contributed by atoms with Crippen LogP contribution in [-0.2, 0) is 9.53 Å². The Balaban J connectivity index is 1.58. The third-order valence-corrected chi connectivity index (χ3v) is 6.82. The first-order valence-electron chi connectivity index (χ1n) is 12.7. The lowest BCUT2D eigenvalue weighted by atomic mass is 9.94. The highest BCUT2D eigenvalue weighted by molar-refractivity contribution is 5.95. The first-order valence-corrected chi connectivity index (χ1v) is 12.7. The Hall–Kier alpha value is -3.92. The highest BCUT2D eigenvalue weighted by atomic mass is 19.1. The first-order chi connectivity index (χ1) is 18.3. The second-order valence-corrected chi connectivity index (χ2v) is 9.23. The third-order valence-electron chi connectivity index (χ3n) is 6.82. The summed E-state index contributed by atoms with van der Waals surface area (Å²) in [6.45, 7) is 4.46. The molecule has 9 nitrogen and oxygen atoms in total. The SMILES string of the molecule is CCOC(=O)C1=C(CN2CCCN(C(=O)c3cccc(OC)c3)CC2)N(C)C(=O)NC1c1cccc(F)c1. The number of hydrogen-bond acceptors (Lipinski definition) is 6. The number of halogens is 1. The predicted molar refractivity (Wildman–Crippen MR) is 139 cm³/mol. The maximum absolute atomic E-state index is 14.1. The van der Waals surface area contributed by atoms with E-state index in [2.05, 4.69) is 10.2 Å². The van der Waals surface area contributed by atoms with Crippen LogP contribution in [0, 0.1) is 5.82 Å². The lowest BCUT2D eigenvalue weighted by Gasteiger charge is -2.36. The van der Waals surface area contributed by atoms with Crippen LogP contribution in [0.15, 0.2) is 59.8 Å². The number of nitrogens with zero attached hydrogens (tertiary/aromatic N) is 3. The van der Waals surface area contributed by atoms with Crippen molar-refractivity contribution in [1.82, 2.24) is 20.0 Å². The maximum Gasteiger partial charge on any atom is 0.338 e. The van der Waals surface area contributed by atoms with E-state index in [4.69, 9.17) is 9.47 Å². The summed E-state index contributed by atoms with van der Waals surface area (Å²) in [5.41, 5.74) is 1.78. The summed E-state index contributed by atoms with van der Waals surface area (Å²) >= 11 is 0. The molecule has 1 unspecified atom stereocenters. The van der Waals surface area contributed by atoms with Crippen molar-refractivity contribution in [2.75, 3.05) is 53.5 Å². The summed E-state index contributed by atoms with van der Waals surface area (Å²) < 4.78 is 24.7. The van der Waals surface area contributed by atoms with E-state index in [1.807, 2.05) is 4.90 Å². The molecule has 0 radical (unpaired) electrons. The highest BCUT2D eigenvalue weighted by Gasteiger charge is 2.37. The Bertz CT molecular complexity index is 1230. The number of amides is 3. The second-order valence-electron chi connectivity index (χ2n) is 9.23. The maximum atomic E-state index is 14.1. The van der Waals surface area contributed by atoms with Crippen LogP contribution < -0.4 is 10.1 Å². The summed E-state index contributed by atoms with van der Waals surface area (Å²) in [4.78, 5) is 44.5. The van der Waals surface area contributed by atoms with Gasteiger partial charge in [0.1, 0.15) is 11.6 Å². The third kappa shape index (κ3) is 5.96. The predicted octanol–water partition coefficient (Wildman–Crippen LogP) is 3.20. The normalized spacial score (nSPS) is 18.6. The zero-order valence-corrected chi connectivity index (χ0v) is 21.9. The summed E-state index contributed by atoms with van der Waals surface area (Å²) in [5, 5.41) is 2.81. The van der Waals surface area contributed by atoms with Crippen LogP contribution in [-0.4, -0.2) is 86.1 Å². The molecular formula is C28H33FN4O5. The van der Waals surface area contributed by atoms with Gasteiger partial charge in [-0.05, 0) is 49.2 Å². The van der Waals surface area contributed by atoms with Crippen molar-refractivity contribution in [2.24, 2.45) is 0 Å². The van der Waals surface area contributed by atoms with Gasteiger partial charge < -0.3 is 19.7 Å². The zero-order valence-electron chi connectivity index (χ0n) is 21.9. The summed E-state index contributed by atoms with van der Waals surface area (Å²) in [6.07, 6.45) is 0.723. The number of rotatable bonds is 7. The van der Waals surface area contributed by atoms with Gasteiger partial charge in [-0.1, -0.05) is 18.2 Å². The minimum absolute atomic E-state index is 0.0718. The van der Waals surface area contributed by atoms with Gasteiger partial charge in [0.2, 0.25) is 0 Å². The Kier molecular flexibility index (Phi) is 8.62. The molecule has 1 N–H and O–H groups in total. The van der Waals surface area contributed by atoms with Gasteiger partial charge >= 0.3 is 12.0 Å². The minimum atomic E-state index is -0.846. The molecule has 2 aromatic rings. The second kappa shape index (κ2) is 12.1. The lowest BCUT2D eigenvalue weighted by molar-refractivity contribution is -0.139. The molecule has 4 rings (SSSR count). The molecule has 0 saturated carbocycles. The average molecular weight is 525 g/mol. The number of likely N-dealkylation sites (N-methyl/N-ethyl adjacent to an activating group) is 1. The fourth-order valence-corrected chi connectivity index (χ4v) is 4.82. The van der Waals surface area contributed by atoms with E-state index in [9.17, 15) is 18.8 Å². The quantitative estimate of drug-likeness (QED) is 0.560. The van der Waals surface area contributed by atoms with E-state index in [0.717, 1.165) is 6.42 Å². The molecule has 2 aliphatic heterocycles. The number of urea groups is 1. The van der Waals surface area contributed by atoms with Gasteiger partial charge in [0.05, 0.1) is 25.3 Å². The molecule has 38 heavy (non-hydrogen) atoms. The van der Waals surface area contributed by atoms with E-state index in [-0.39, 0.29) is 18.1 Å². The summed E-state index contributed by atoms with van der Waals surface area (Å²) in [6, 6.07) is 11.7. The molecule has 1 atom stereocenters. The molecule has 1 saturated heterocycles. The van der Waals surface area contributed by atoms with Gasteiger partial charge in [-0.2, -0.15) is 0 Å². The number of carbonyl (C=O) groups excluding carboxylic acids is 3. The van der Waals surface area contributed by atoms with Crippen molar-refractivity contribution in [3.05, 3.63) is 76.7 Å². The molecule has 1 fully saturated rings. The van der Waals surface area contributed by atoms with E-state index >= 15 is 0 Å². The van der Waals surface area contributed by atoms with Crippen LogP contribution in [0.2, 0.25) is 0 Å². The molecule has 0 spiro atoms. The van der Waals surface area contributed by atoms with E-state index in [0.29, 0.717) is 55.3 Å². The van der Waals surface area contributed by atoms with Crippen LogP contribution in [0.1, 0.15) is 35.3 Å².